The molecule has 2 aromatic rings. The van der Waals surface area contributed by atoms with Gasteiger partial charge in [-0.1, -0.05) is 30.0 Å². The standard InChI is InChI=1S/C15H13NOS/c1-10(17)11-6-5-9-14-15(11)16(2)12-7-3-4-8-13(12)18-14/h3-9H,1-2H3. The number of benzene rings is 2. The van der Waals surface area contributed by atoms with Crippen LogP contribution in [0.3, 0.4) is 0 Å². The fraction of sp³-hybridized carbons (Fsp3) is 0.133. The van der Waals surface area contributed by atoms with Crippen LogP contribution in [0.5, 0.6) is 0 Å². The van der Waals surface area contributed by atoms with Crippen LogP contribution in [0.25, 0.3) is 0 Å². The van der Waals surface area contributed by atoms with Crippen molar-refractivity contribution in [1.82, 2.24) is 0 Å². The van der Waals surface area contributed by atoms with Crippen molar-refractivity contribution in [3.8, 4) is 0 Å². The molecule has 0 fully saturated rings. The Morgan fingerprint density at radius 1 is 1.06 bits per heavy atom. The zero-order valence-electron chi connectivity index (χ0n) is 10.3. The summed E-state index contributed by atoms with van der Waals surface area (Å²) in [6, 6.07) is 14.2. The molecule has 0 bridgehead atoms. The molecule has 1 aliphatic rings. The molecular formula is C15H13NOS. The molecule has 90 valence electrons. The van der Waals surface area contributed by atoms with Gasteiger partial charge < -0.3 is 4.90 Å². The number of para-hydroxylation sites is 2. The van der Waals surface area contributed by atoms with Crippen LogP contribution in [0.1, 0.15) is 17.3 Å². The van der Waals surface area contributed by atoms with Crippen LogP contribution in [0.4, 0.5) is 11.4 Å². The Morgan fingerprint density at radius 2 is 1.78 bits per heavy atom. The van der Waals surface area contributed by atoms with Gasteiger partial charge in [0, 0.05) is 22.4 Å². The van der Waals surface area contributed by atoms with Crippen molar-refractivity contribution >= 4 is 28.9 Å². The second-order valence-corrected chi connectivity index (χ2v) is 5.42. The average Bonchev–Trinajstić information content (AvgIpc) is 2.38. The minimum Gasteiger partial charge on any atom is -0.342 e. The summed E-state index contributed by atoms with van der Waals surface area (Å²) in [5, 5.41) is 0. The van der Waals surface area contributed by atoms with Crippen LogP contribution in [0.2, 0.25) is 0 Å². The van der Waals surface area contributed by atoms with E-state index in [0.717, 1.165) is 21.8 Å². The molecule has 0 amide bonds. The molecule has 0 radical (unpaired) electrons. The molecule has 3 heteroatoms. The summed E-state index contributed by atoms with van der Waals surface area (Å²) in [5.74, 6) is 0.110. The summed E-state index contributed by atoms with van der Waals surface area (Å²) < 4.78 is 0. The first-order valence-corrected chi connectivity index (χ1v) is 6.64. The number of carbonyl (C=O) groups excluding carboxylic acids is 1. The number of fused-ring (bicyclic) bond motifs is 2. The number of carbonyl (C=O) groups is 1. The number of ketones is 1. The molecule has 0 N–H and O–H groups in total. The van der Waals surface area contributed by atoms with Gasteiger partial charge in [0.1, 0.15) is 0 Å². The first kappa shape index (κ1) is 11.4. The van der Waals surface area contributed by atoms with Crippen molar-refractivity contribution in [3.05, 3.63) is 48.0 Å². The number of hydrogen-bond acceptors (Lipinski definition) is 3. The van der Waals surface area contributed by atoms with Gasteiger partial charge in [-0.05, 0) is 31.2 Å². The molecule has 0 unspecified atom stereocenters. The maximum atomic E-state index is 11.7. The Hall–Kier alpha value is -1.74. The maximum absolute atomic E-state index is 11.7. The Labute approximate surface area is 111 Å². The lowest BCUT2D eigenvalue weighted by molar-refractivity contribution is 0.101. The van der Waals surface area contributed by atoms with Crippen molar-refractivity contribution in [2.45, 2.75) is 16.7 Å². The van der Waals surface area contributed by atoms with Crippen LogP contribution in [-0.4, -0.2) is 12.8 Å². The van der Waals surface area contributed by atoms with Crippen LogP contribution in [-0.2, 0) is 0 Å². The van der Waals surface area contributed by atoms with Gasteiger partial charge in [0.2, 0.25) is 0 Å². The Morgan fingerprint density at radius 3 is 2.56 bits per heavy atom. The fourth-order valence-electron chi connectivity index (χ4n) is 2.29. The molecule has 1 heterocycles. The maximum Gasteiger partial charge on any atom is 0.161 e. The third-order valence-corrected chi connectivity index (χ3v) is 4.27. The van der Waals surface area contributed by atoms with Gasteiger partial charge in [0.15, 0.2) is 5.78 Å². The van der Waals surface area contributed by atoms with Gasteiger partial charge in [0.05, 0.1) is 11.4 Å². The van der Waals surface area contributed by atoms with Crippen molar-refractivity contribution in [2.75, 3.05) is 11.9 Å². The predicted octanol–water partition coefficient (Wildman–Crippen LogP) is 4.12. The number of hydrogen-bond donors (Lipinski definition) is 0. The predicted molar refractivity (Wildman–Crippen MR) is 75.1 cm³/mol. The molecule has 0 saturated heterocycles. The highest BCUT2D eigenvalue weighted by molar-refractivity contribution is 7.99. The van der Waals surface area contributed by atoms with Crippen LogP contribution < -0.4 is 4.90 Å². The third-order valence-electron chi connectivity index (χ3n) is 3.16. The van der Waals surface area contributed by atoms with Crippen molar-refractivity contribution in [2.24, 2.45) is 0 Å². The highest BCUT2D eigenvalue weighted by Gasteiger charge is 2.23. The highest BCUT2D eigenvalue weighted by Crippen LogP contribution is 2.48. The van der Waals surface area contributed by atoms with E-state index >= 15 is 0 Å². The first-order valence-electron chi connectivity index (χ1n) is 5.83. The molecule has 2 aromatic carbocycles. The monoisotopic (exact) mass is 255 g/mol. The number of nitrogens with zero attached hydrogens (tertiary/aromatic N) is 1. The number of rotatable bonds is 1. The van der Waals surface area contributed by atoms with Crippen molar-refractivity contribution in [1.29, 1.82) is 0 Å². The van der Waals surface area contributed by atoms with E-state index in [1.165, 1.54) is 4.90 Å². The Balaban J connectivity index is 2.23. The summed E-state index contributed by atoms with van der Waals surface area (Å²) in [4.78, 5) is 16.2. The summed E-state index contributed by atoms with van der Waals surface area (Å²) >= 11 is 1.72. The second kappa shape index (κ2) is 4.18. The first-order chi connectivity index (χ1) is 8.68. The molecule has 3 rings (SSSR count). The van der Waals surface area contributed by atoms with E-state index in [9.17, 15) is 4.79 Å². The summed E-state index contributed by atoms with van der Waals surface area (Å²) in [5.41, 5.74) is 2.97. The van der Waals surface area contributed by atoms with E-state index in [-0.39, 0.29) is 5.78 Å². The summed E-state index contributed by atoms with van der Waals surface area (Å²) in [6.45, 7) is 1.62. The van der Waals surface area contributed by atoms with Crippen molar-refractivity contribution in [3.63, 3.8) is 0 Å². The largest absolute Gasteiger partial charge is 0.342 e. The minimum absolute atomic E-state index is 0.110. The quantitative estimate of drug-likeness (QED) is 0.715. The van der Waals surface area contributed by atoms with Gasteiger partial charge in [0.25, 0.3) is 0 Å². The third kappa shape index (κ3) is 1.63. The van der Waals surface area contributed by atoms with Gasteiger partial charge in [-0.3, -0.25) is 4.79 Å². The van der Waals surface area contributed by atoms with Crippen LogP contribution in [0.15, 0.2) is 52.3 Å². The van der Waals surface area contributed by atoms with Gasteiger partial charge >= 0.3 is 0 Å². The van der Waals surface area contributed by atoms with E-state index in [1.807, 2.05) is 31.3 Å². The molecular weight excluding hydrogens is 242 g/mol. The highest BCUT2D eigenvalue weighted by atomic mass is 32.2. The Kier molecular flexibility index (Phi) is 2.63. The topological polar surface area (TPSA) is 20.3 Å². The molecule has 0 aliphatic carbocycles. The van der Waals surface area contributed by atoms with Gasteiger partial charge in [-0.25, -0.2) is 0 Å². The normalized spacial score (nSPS) is 12.9. The lowest BCUT2D eigenvalue weighted by Gasteiger charge is -2.30. The SMILES string of the molecule is CC(=O)c1cccc2c1N(C)c1ccccc1S2. The lowest BCUT2D eigenvalue weighted by Crippen LogP contribution is -2.17. The van der Waals surface area contributed by atoms with Gasteiger partial charge in [-0.15, -0.1) is 0 Å². The van der Waals surface area contributed by atoms with E-state index in [1.54, 1.807) is 18.7 Å². The van der Waals surface area contributed by atoms with E-state index in [2.05, 4.69) is 23.1 Å². The van der Waals surface area contributed by atoms with E-state index in [0.29, 0.717) is 0 Å². The Bertz CT molecular complexity index is 636. The molecule has 0 saturated carbocycles. The zero-order valence-corrected chi connectivity index (χ0v) is 11.1. The van der Waals surface area contributed by atoms with E-state index < -0.39 is 0 Å². The summed E-state index contributed by atoms with van der Waals surface area (Å²) in [6.07, 6.45) is 0. The molecule has 1 aliphatic heterocycles. The second-order valence-electron chi connectivity index (χ2n) is 4.34. The van der Waals surface area contributed by atoms with Crippen LogP contribution >= 0.6 is 11.8 Å². The van der Waals surface area contributed by atoms with Gasteiger partial charge in [-0.2, -0.15) is 0 Å². The lowest BCUT2D eigenvalue weighted by atomic mass is 10.1. The van der Waals surface area contributed by atoms with Crippen molar-refractivity contribution < 1.29 is 4.79 Å². The minimum atomic E-state index is 0.110. The molecule has 18 heavy (non-hydrogen) atoms. The number of anilines is 2. The molecule has 0 atom stereocenters. The van der Waals surface area contributed by atoms with E-state index in [4.69, 9.17) is 0 Å². The fourth-order valence-corrected chi connectivity index (χ4v) is 3.48. The smallest absolute Gasteiger partial charge is 0.161 e. The zero-order chi connectivity index (χ0) is 12.7. The summed E-state index contributed by atoms with van der Waals surface area (Å²) in [7, 11) is 2.02. The molecule has 0 spiro atoms. The molecule has 2 nitrogen and oxygen atoms in total. The number of Topliss-reactive ketones (excluding diaryl/α,β-unsaturated/α-hetero) is 1. The average molecular weight is 255 g/mol. The van der Waals surface area contributed by atoms with Crippen LogP contribution in [0, 0.1) is 0 Å². The molecule has 0 aromatic heterocycles.